The first-order chi connectivity index (χ1) is 21.6. The first kappa shape index (κ1) is 33.9. The molecule has 14 heteroatoms. The lowest BCUT2D eigenvalue weighted by Gasteiger charge is -2.37. The van der Waals surface area contributed by atoms with Gasteiger partial charge < -0.3 is 24.0 Å². The van der Waals surface area contributed by atoms with E-state index in [4.69, 9.17) is 9.47 Å². The van der Waals surface area contributed by atoms with Gasteiger partial charge in [0, 0.05) is 37.9 Å². The molecule has 46 heavy (non-hydrogen) atoms. The summed E-state index contributed by atoms with van der Waals surface area (Å²) in [7, 11) is 0. The summed E-state index contributed by atoms with van der Waals surface area (Å²) in [6, 6.07) is 17.8. The van der Waals surface area contributed by atoms with E-state index in [1.165, 1.54) is 36.1 Å². The van der Waals surface area contributed by atoms with Crippen LogP contribution in [0.3, 0.4) is 0 Å². The number of nitro benzene ring substituents is 1. The molecule has 0 aromatic heterocycles. The number of rotatable bonds is 9. The first-order valence-corrected chi connectivity index (χ1v) is 14.5. The highest BCUT2D eigenvalue weighted by atomic mass is 19.4. The predicted molar refractivity (Wildman–Crippen MR) is 164 cm³/mol. The third kappa shape index (κ3) is 9.25. The molecule has 1 heterocycles. The lowest BCUT2D eigenvalue weighted by Crippen LogP contribution is -2.50. The van der Waals surface area contributed by atoms with Crippen LogP contribution in [0.4, 0.5) is 35.0 Å². The van der Waals surface area contributed by atoms with Crippen molar-refractivity contribution >= 4 is 29.1 Å². The minimum Gasteiger partial charge on any atom is -0.481 e. The van der Waals surface area contributed by atoms with Crippen molar-refractivity contribution in [2.24, 2.45) is 0 Å². The molecule has 1 unspecified atom stereocenters. The Morgan fingerprint density at radius 1 is 0.935 bits per heavy atom. The summed E-state index contributed by atoms with van der Waals surface area (Å²) in [4.78, 5) is 42.8. The van der Waals surface area contributed by atoms with E-state index in [9.17, 15) is 32.9 Å². The van der Waals surface area contributed by atoms with E-state index < -0.39 is 40.7 Å². The SMILES string of the molecule is CC(Oc1ccccc1)C(=O)N(Cc1ccc(OC(F)(F)F)cc1)c1cc(N2CCN(C(=O)OC(C)(C)C)CC2)ccc1[N+](=O)[O-]. The molecule has 0 radical (unpaired) electrons. The maximum Gasteiger partial charge on any atom is 0.573 e. The zero-order chi connectivity index (χ0) is 33.6. The number of benzene rings is 3. The highest BCUT2D eigenvalue weighted by Gasteiger charge is 2.33. The van der Waals surface area contributed by atoms with Crippen LogP contribution in [0.25, 0.3) is 0 Å². The predicted octanol–water partition coefficient (Wildman–Crippen LogP) is 6.55. The van der Waals surface area contributed by atoms with Crippen molar-refractivity contribution in [1.29, 1.82) is 0 Å². The molecule has 1 atom stereocenters. The number of piperazine rings is 1. The molecule has 246 valence electrons. The van der Waals surface area contributed by atoms with E-state index in [2.05, 4.69) is 4.74 Å². The van der Waals surface area contributed by atoms with Crippen molar-refractivity contribution in [3.63, 3.8) is 0 Å². The minimum absolute atomic E-state index is 0.0267. The summed E-state index contributed by atoms with van der Waals surface area (Å²) in [5, 5.41) is 12.2. The summed E-state index contributed by atoms with van der Waals surface area (Å²) in [6.45, 7) is 8.13. The van der Waals surface area contributed by atoms with Gasteiger partial charge in [-0.25, -0.2) is 4.79 Å². The van der Waals surface area contributed by atoms with Crippen LogP contribution in [0, 0.1) is 10.1 Å². The molecule has 3 aromatic rings. The second kappa shape index (κ2) is 14.0. The van der Waals surface area contributed by atoms with Gasteiger partial charge in [-0.15, -0.1) is 13.2 Å². The summed E-state index contributed by atoms with van der Waals surface area (Å²) < 4.78 is 53.4. The fourth-order valence-corrected chi connectivity index (χ4v) is 4.79. The van der Waals surface area contributed by atoms with Crippen LogP contribution in [-0.2, 0) is 16.1 Å². The van der Waals surface area contributed by atoms with E-state index in [0.717, 1.165) is 12.1 Å². The molecule has 3 aromatic carbocycles. The number of alkyl halides is 3. The monoisotopic (exact) mass is 644 g/mol. The zero-order valence-corrected chi connectivity index (χ0v) is 25.8. The molecule has 2 amide bonds. The standard InChI is InChI=1S/C32H35F3N4O7/c1-22(44-25-8-6-5-7-9-25)29(40)38(21-23-10-13-26(14-11-23)45-32(33,34)35)28-20-24(12-15-27(28)39(42)43)36-16-18-37(19-17-36)30(41)46-31(2,3)4/h5-15,20,22H,16-19,21H2,1-4H3. The number of nitrogens with zero attached hydrogens (tertiary/aromatic N) is 4. The molecule has 0 saturated carbocycles. The van der Waals surface area contributed by atoms with Gasteiger partial charge in [-0.2, -0.15) is 0 Å². The molecule has 1 saturated heterocycles. The number of nitro groups is 1. The average Bonchev–Trinajstić information content (AvgIpc) is 2.99. The molecule has 4 rings (SSSR count). The lowest BCUT2D eigenvalue weighted by molar-refractivity contribution is -0.384. The molecule has 1 fully saturated rings. The molecular formula is C32H35F3N4O7. The molecule has 0 spiro atoms. The third-order valence-electron chi connectivity index (χ3n) is 6.91. The highest BCUT2D eigenvalue weighted by molar-refractivity contribution is 5.99. The smallest absolute Gasteiger partial charge is 0.481 e. The highest BCUT2D eigenvalue weighted by Crippen LogP contribution is 2.35. The van der Waals surface area contributed by atoms with Gasteiger partial charge in [0.15, 0.2) is 6.10 Å². The van der Waals surface area contributed by atoms with Gasteiger partial charge in [-0.3, -0.25) is 19.8 Å². The fraction of sp³-hybridized carbons (Fsp3) is 0.375. The Morgan fingerprint density at radius 3 is 2.13 bits per heavy atom. The molecule has 0 bridgehead atoms. The second-order valence-corrected chi connectivity index (χ2v) is 11.6. The number of anilines is 2. The number of halogens is 3. The van der Waals surface area contributed by atoms with E-state index >= 15 is 0 Å². The van der Waals surface area contributed by atoms with E-state index in [0.29, 0.717) is 43.2 Å². The Hall–Kier alpha value is -5.01. The zero-order valence-electron chi connectivity index (χ0n) is 25.8. The van der Waals surface area contributed by atoms with Gasteiger partial charge in [-0.05, 0) is 69.7 Å². The summed E-state index contributed by atoms with van der Waals surface area (Å²) in [5.74, 6) is -0.661. The molecule has 1 aliphatic heterocycles. The normalized spacial score (nSPS) is 14.3. The number of hydrogen-bond donors (Lipinski definition) is 0. The lowest BCUT2D eigenvalue weighted by atomic mass is 10.1. The number of hydrogen-bond acceptors (Lipinski definition) is 8. The number of para-hydroxylation sites is 1. The van der Waals surface area contributed by atoms with Crippen LogP contribution in [0.15, 0.2) is 72.8 Å². The Bertz CT molecular complexity index is 1520. The van der Waals surface area contributed by atoms with E-state index in [1.807, 2.05) is 4.90 Å². The topological polar surface area (TPSA) is 115 Å². The van der Waals surface area contributed by atoms with Crippen molar-refractivity contribution in [2.45, 2.75) is 52.3 Å². The van der Waals surface area contributed by atoms with Crippen LogP contribution in [0.5, 0.6) is 11.5 Å². The van der Waals surface area contributed by atoms with Gasteiger partial charge in [0.05, 0.1) is 11.5 Å². The molecular weight excluding hydrogens is 609 g/mol. The largest absolute Gasteiger partial charge is 0.573 e. The maximum absolute atomic E-state index is 13.9. The van der Waals surface area contributed by atoms with E-state index in [-0.39, 0.29) is 17.9 Å². The number of carbonyl (C=O) groups is 2. The van der Waals surface area contributed by atoms with Crippen molar-refractivity contribution in [3.8, 4) is 11.5 Å². The van der Waals surface area contributed by atoms with Crippen LogP contribution in [0.2, 0.25) is 0 Å². The minimum atomic E-state index is -4.88. The number of carbonyl (C=O) groups excluding carboxylic acids is 2. The summed E-state index contributed by atoms with van der Waals surface area (Å²) in [5.41, 5.74) is -0.0623. The van der Waals surface area contributed by atoms with Crippen molar-refractivity contribution in [3.05, 3.63) is 88.5 Å². The Morgan fingerprint density at radius 2 is 1.57 bits per heavy atom. The third-order valence-corrected chi connectivity index (χ3v) is 6.91. The maximum atomic E-state index is 13.9. The van der Waals surface area contributed by atoms with Crippen molar-refractivity contribution in [1.82, 2.24) is 4.90 Å². The van der Waals surface area contributed by atoms with Gasteiger partial charge in [-0.1, -0.05) is 30.3 Å². The summed E-state index contributed by atoms with van der Waals surface area (Å²) >= 11 is 0. The van der Waals surface area contributed by atoms with Gasteiger partial charge >= 0.3 is 12.5 Å². The first-order valence-electron chi connectivity index (χ1n) is 14.5. The Labute approximate surface area is 264 Å². The number of ether oxygens (including phenoxy) is 3. The number of amides is 2. The molecule has 11 nitrogen and oxygen atoms in total. The Kier molecular flexibility index (Phi) is 10.3. The van der Waals surface area contributed by atoms with Crippen LogP contribution in [-0.4, -0.2) is 66.1 Å². The van der Waals surface area contributed by atoms with Crippen LogP contribution in [0.1, 0.15) is 33.3 Å². The second-order valence-electron chi connectivity index (χ2n) is 11.6. The van der Waals surface area contributed by atoms with Gasteiger partial charge in [0.2, 0.25) is 0 Å². The molecule has 0 N–H and O–H groups in total. The summed E-state index contributed by atoms with van der Waals surface area (Å²) in [6.07, 6.45) is -6.41. The van der Waals surface area contributed by atoms with Crippen molar-refractivity contribution < 1.29 is 41.9 Å². The molecule has 1 aliphatic rings. The van der Waals surface area contributed by atoms with Gasteiger partial charge in [0.1, 0.15) is 22.8 Å². The average molecular weight is 645 g/mol. The quantitative estimate of drug-likeness (QED) is 0.190. The molecule has 0 aliphatic carbocycles. The Balaban J connectivity index is 1.65. The van der Waals surface area contributed by atoms with Crippen LogP contribution >= 0.6 is 0 Å². The van der Waals surface area contributed by atoms with E-state index in [1.54, 1.807) is 62.1 Å². The van der Waals surface area contributed by atoms with Crippen LogP contribution < -0.4 is 19.3 Å². The van der Waals surface area contributed by atoms with Gasteiger partial charge in [0.25, 0.3) is 11.6 Å². The van der Waals surface area contributed by atoms with Crippen molar-refractivity contribution in [2.75, 3.05) is 36.0 Å². The fourth-order valence-electron chi connectivity index (χ4n) is 4.79.